The second-order valence-electron chi connectivity index (χ2n) is 7.32. The van der Waals surface area contributed by atoms with Crippen LogP contribution in [-0.2, 0) is 11.8 Å². The van der Waals surface area contributed by atoms with Crippen LogP contribution < -0.4 is 20.3 Å². The van der Waals surface area contributed by atoms with E-state index in [0.29, 0.717) is 30.2 Å². The fourth-order valence-corrected chi connectivity index (χ4v) is 2.71. The number of aromatic amines is 1. The lowest BCUT2D eigenvalue weighted by Gasteiger charge is -2.18. The van der Waals surface area contributed by atoms with Gasteiger partial charge in [0.2, 0.25) is 6.79 Å². The highest BCUT2D eigenvalue weighted by Gasteiger charge is 2.22. The van der Waals surface area contributed by atoms with Gasteiger partial charge in [-0.25, -0.2) is 4.98 Å². The van der Waals surface area contributed by atoms with Crippen molar-refractivity contribution in [1.82, 2.24) is 15.3 Å². The lowest BCUT2D eigenvalue weighted by Crippen LogP contribution is -2.34. The van der Waals surface area contributed by atoms with Crippen molar-refractivity contribution < 1.29 is 14.3 Å². The number of ether oxygens (including phenoxy) is 2. The quantitative estimate of drug-likeness (QED) is 0.874. The van der Waals surface area contributed by atoms with Crippen LogP contribution in [0.15, 0.2) is 23.0 Å². The van der Waals surface area contributed by atoms with Crippen molar-refractivity contribution in [2.45, 2.75) is 39.5 Å². The molecule has 138 valence electrons. The average Bonchev–Trinajstić information content (AvgIpc) is 3.01. The number of nitrogens with one attached hydrogen (secondary N) is 2. The first kappa shape index (κ1) is 18.0. The van der Waals surface area contributed by atoms with Crippen LogP contribution in [0.4, 0.5) is 0 Å². The predicted molar refractivity (Wildman–Crippen MR) is 96.9 cm³/mol. The molecule has 0 spiro atoms. The summed E-state index contributed by atoms with van der Waals surface area (Å²) in [6.07, 6.45) is 0.618. The van der Waals surface area contributed by atoms with Crippen molar-refractivity contribution >= 4 is 5.91 Å². The third-order valence-electron chi connectivity index (χ3n) is 4.17. The summed E-state index contributed by atoms with van der Waals surface area (Å²) in [6.45, 7) is 8.17. The van der Waals surface area contributed by atoms with E-state index in [2.05, 4.69) is 15.3 Å². The van der Waals surface area contributed by atoms with Gasteiger partial charge in [-0.15, -0.1) is 0 Å². The predicted octanol–water partition coefficient (Wildman–Crippen LogP) is 2.08. The number of carbonyl (C=O) groups is 1. The Morgan fingerprint density at radius 1 is 1.27 bits per heavy atom. The molecule has 0 radical (unpaired) electrons. The Balaban J connectivity index is 1.66. The molecule has 1 aliphatic rings. The number of benzene rings is 1. The van der Waals surface area contributed by atoms with Crippen LogP contribution in [0.1, 0.15) is 48.2 Å². The third-order valence-corrected chi connectivity index (χ3v) is 4.17. The molecule has 1 aliphatic heterocycles. The molecule has 2 N–H and O–H groups in total. The van der Waals surface area contributed by atoms with Gasteiger partial charge in [0.05, 0.1) is 5.69 Å². The van der Waals surface area contributed by atoms with Gasteiger partial charge < -0.3 is 19.8 Å². The molecule has 0 unspecified atom stereocenters. The smallest absolute Gasteiger partial charge is 0.264 e. The highest BCUT2D eigenvalue weighted by molar-refractivity contribution is 5.94. The molecule has 0 fully saturated rings. The Labute approximate surface area is 151 Å². The van der Waals surface area contributed by atoms with Gasteiger partial charge in [-0.05, 0) is 31.0 Å². The van der Waals surface area contributed by atoms with Crippen LogP contribution >= 0.6 is 0 Å². The van der Waals surface area contributed by atoms with E-state index in [1.807, 2.05) is 39.0 Å². The van der Waals surface area contributed by atoms with Gasteiger partial charge in [-0.3, -0.25) is 9.59 Å². The van der Waals surface area contributed by atoms with Gasteiger partial charge in [-0.1, -0.05) is 26.8 Å². The summed E-state index contributed by atoms with van der Waals surface area (Å²) in [7, 11) is 0. The maximum atomic E-state index is 12.4. The van der Waals surface area contributed by atoms with Crippen molar-refractivity contribution in [2.24, 2.45) is 0 Å². The van der Waals surface area contributed by atoms with Crippen LogP contribution in [0.25, 0.3) is 0 Å². The summed E-state index contributed by atoms with van der Waals surface area (Å²) in [5.74, 6) is 1.59. The van der Waals surface area contributed by atoms with Crippen LogP contribution in [0.5, 0.6) is 11.5 Å². The summed E-state index contributed by atoms with van der Waals surface area (Å²) >= 11 is 0. The number of amides is 1. The lowest BCUT2D eigenvalue weighted by molar-refractivity contribution is 0.0951. The summed E-state index contributed by atoms with van der Waals surface area (Å²) in [5, 5.41) is 2.78. The molecule has 2 aromatic rings. The Morgan fingerprint density at radius 3 is 2.69 bits per heavy atom. The van der Waals surface area contributed by atoms with E-state index in [0.717, 1.165) is 11.3 Å². The van der Waals surface area contributed by atoms with E-state index in [-0.39, 0.29) is 17.8 Å². The zero-order chi connectivity index (χ0) is 18.9. The van der Waals surface area contributed by atoms with E-state index >= 15 is 0 Å². The topological polar surface area (TPSA) is 93.3 Å². The average molecular weight is 357 g/mol. The van der Waals surface area contributed by atoms with Crippen molar-refractivity contribution in [3.63, 3.8) is 0 Å². The fraction of sp³-hybridized carbons (Fsp3) is 0.421. The van der Waals surface area contributed by atoms with E-state index in [9.17, 15) is 9.59 Å². The Morgan fingerprint density at radius 2 is 2.00 bits per heavy atom. The minimum absolute atomic E-state index is 0.0590. The number of H-pyrrole nitrogens is 1. The summed E-state index contributed by atoms with van der Waals surface area (Å²) in [6, 6.07) is 5.67. The number of aromatic nitrogens is 2. The first-order valence-corrected chi connectivity index (χ1v) is 8.54. The zero-order valence-corrected chi connectivity index (χ0v) is 15.4. The molecule has 0 saturated carbocycles. The second kappa shape index (κ2) is 6.82. The van der Waals surface area contributed by atoms with Gasteiger partial charge in [0, 0.05) is 12.0 Å². The minimum Gasteiger partial charge on any atom is -0.454 e. The molecule has 1 aromatic carbocycles. The van der Waals surface area contributed by atoms with Crippen LogP contribution in [-0.4, -0.2) is 29.2 Å². The minimum atomic E-state index is -0.419. The van der Waals surface area contributed by atoms with Crippen molar-refractivity contribution in [2.75, 3.05) is 13.3 Å². The first-order chi connectivity index (χ1) is 12.3. The van der Waals surface area contributed by atoms with Gasteiger partial charge in [0.1, 0.15) is 11.4 Å². The monoisotopic (exact) mass is 357 g/mol. The van der Waals surface area contributed by atoms with Gasteiger partial charge in [0.25, 0.3) is 11.5 Å². The normalized spacial score (nSPS) is 12.9. The van der Waals surface area contributed by atoms with Crippen LogP contribution in [0.3, 0.4) is 0 Å². The molecular formula is C19H23N3O4. The summed E-state index contributed by atoms with van der Waals surface area (Å²) in [4.78, 5) is 31.8. The van der Waals surface area contributed by atoms with E-state index in [1.165, 1.54) is 0 Å². The van der Waals surface area contributed by atoms with Gasteiger partial charge >= 0.3 is 0 Å². The molecule has 0 atom stereocenters. The molecule has 2 heterocycles. The van der Waals surface area contributed by atoms with E-state index in [1.54, 1.807) is 6.92 Å². The van der Waals surface area contributed by atoms with Crippen molar-refractivity contribution in [3.05, 3.63) is 51.2 Å². The number of fused-ring (bicyclic) bond motifs is 1. The molecule has 3 rings (SSSR count). The molecule has 26 heavy (non-hydrogen) atoms. The summed E-state index contributed by atoms with van der Waals surface area (Å²) < 4.78 is 10.6. The highest BCUT2D eigenvalue weighted by Crippen LogP contribution is 2.32. The van der Waals surface area contributed by atoms with Crippen molar-refractivity contribution in [3.8, 4) is 11.5 Å². The highest BCUT2D eigenvalue weighted by atomic mass is 16.7. The Kier molecular flexibility index (Phi) is 4.71. The molecule has 1 amide bonds. The number of hydrogen-bond acceptors (Lipinski definition) is 5. The first-order valence-electron chi connectivity index (χ1n) is 8.54. The fourth-order valence-electron chi connectivity index (χ4n) is 2.71. The maximum absolute atomic E-state index is 12.4. The lowest BCUT2D eigenvalue weighted by atomic mass is 9.95. The molecule has 7 nitrogen and oxygen atoms in total. The maximum Gasteiger partial charge on any atom is 0.264 e. The number of hydrogen-bond donors (Lipinski definition) is 2. The number of aryl methyl sites for hydroxylation is 1. The SMILES string of the molecule is Cc1nc(C(C)(C)C)[nH]c(=O)c1C(=O)NCCc1ccc2c(c1)OCO2. The van der Waals surface area contributed by atoms with E-state index < -0.39 is 11.5 Å². The number of rotatable bonds is 4. The van der Waals surface area contributed by atoms with Crippen molar-refractivity contribution in [1.29, 1.82) is 0 Å². The van der Waals surface area contributed by atoms with E-state index in [4.69, 9.17) is 9.47 Å². The molecule has 0 aliphatic carbocycles. The Bertz CT molecular complexity index is 897. The Hall–Kier alpha value is -2.83. The van der Waals surface area contributed by atoms with Crippen LogP contribution in [0, 0.1) is 6.92 Å². The molecule has 0 bridgehead atoms. The molecule has 7 heteroatoms. The third kappa shape index (κ3) is 3.71. The van der Waals surface area contributed by atoms with Gasteiger partial charge in [-0.2, -0.15) is 0 Å². The second-order valence-corrected chi connectivity index (χ2v) is 7.32. The zero-order valence-electron chi connectivity index (χ0n) is 15.4. The van der Waals surface area contributed by atoms with Gasteiger partial charge in [0.15, 0.2) is 11.5 Å². The molecule has 1 aromatic heterocycles. The number of carbonyl (C=O) groups excluding carboxylic acids is 1. The molecule has 0 saturated heterocycles. The standard InChI is InChI=1S/C19H23N3O4/c1-11-15(17(24)22-18(21-11)19(2,3)4)16(23)20-8-7-12-5-6-13-14(9-12)26-10-25-13/h5-6,9H,7-8,10H2,1-4H3,(H,20,23)(H,21,22,24). The largest absolute Gasteiger partial charge is 0.454 e. The number of nitrogens with zero attached hydrogens (tertiary/aromatic N) is 1. The molecular weight excluding hydrogens is 334 g/mol. The summed E-state index contributed by atoms with van der Waals surface area (Å²) in [5.41, 5.74) is 0.797. The van der Waals surface area contributed by atoms with Crippen LogP contribution in [0.2, 0.25) is 0 Å².